The SMILES string of the molecule is CCC(C)[C@H](NC(=O)[C@H](C)n1c(=O)[nH]c2ccccc2c1=O)C(=O)O. The third kappa shape index (κ3) is 3.62. The number of fused-ring (bicyclic) bond motifs is 1. The number of hydrogen-bond acceptors (Lipinski definition) is 4. The summed E-state index contributed by atoms with van der Waals surface area (Å²) in [5.74, 6) is -2.15. The van der Waals surface area contributed by atoms with Crippen LogP contribution in [0.5, 0.6) is 0 Å². The first kappa shape index (κ1) is 18.4. The van der Waals surface area contributed by atoms with Crippen LogP contribution in [0, 0.1) is 5.92 Å². The van der Waals surface area contributed by atoms with Crippen molar-refractivity contribution in [2.24, 2.45) is 5.92 Å². The van der Waals surface area contributed by atoms with E-state index in [2.05, 4.69) is 10.3 Å². The number of aliphatic carboxylic acids is 1. The molecule has 1 unspecified atom stereocenters. The van der Waals surface area contributed by atoms with Crippen molar-refractivity contribution in [1.29, 1.82) is 0 Å². The van der Waals surface area contributed by atoms with Gasteiger partial charge in [0.15, 0.2) is 0 Å². The number of carbonyl (C=O) groups excluding carboxylic acids is 1. The molecule has 1 aromatic heterocycles. The summed E-state index contributed by atoms with van der Waals surface area (Å²) in [7, 11) is 0. The molecule has 0 aliphatic carbocycles. The number of carboxylic acids is 1. The number of para-hydroxylation sites is 1. The zero-order valence-corrected chi connectivity index (χ0v) is 14.3. The number of nitrogens with one attached hydrogen (secondary N) is 2. The van der Waals surface area contributed by atoms with Gasteiger partial charge in [0, 0.05) is 0 Å². The van der Waals surface area contributed by atoms with Gasteiger partial charge in [-0.2, -0.15) is 0 Å². The molecule has 0 spiro atoms. The first-order valence-electron chi connectivity index (χ1n) is 8.04. The van der Waals surface area contributed by atoms with Gasteiger partial charge in [-0.15, -0.1) is 0 Å². The van der Waals surface area contributed by atoms with Crippen LogP contribution in [-0.2, 0) is 9.59 Å². The Morgan fingerprint density at radius 3 is 2.48 bits per heavy atom. The molecular formula is C17H21N3O5. The average Bonchev–Trinajstić information content (AvgIpc) is 2.58. The summed E-state index contributed by atoms with van der Waals surface area (Å²) in [6.07, 6.45) is 0.558. The van der Waals surface area contributed by atoms with Gasteiger partial charge in [0.2, 0.25) is 5.91 Å². The Labute approximate surface area is 143 Å². The van der Waals surface area contributed by atoms with Gasteiger partial charge in [0.05, 0.1) is 10.9 Å². The van der Waals surface area contributed by atoms with Crippen molar-refractivity contribution in [3.63, 3.8) is 0 Å². The van der Waals surface area contributed by atoms with E-state index < -0.39 is 35.2 Å². The van der Waals surface area contributed by atoms with E-state index in [9.17, 15) is 24.3 Å². The normalized spacial score (nSPS) is 14.7. The zero-order chi connectivity index (χ0) is 18.7. The van der Waals surface area contributed by atoms with Gasteiger partial charge in [-0.1, -0.05) is 32.4 Å². The minimum atomic E-state index is -1.16. The predicted molar refractivity (Wildman–Crippen MR) is 92.6 cm³/mol. The maximum absolute atomic E-state index is 12.6. The molecule has 3 atom stereocenters. The largest absolute Gasteiger partial charge is 0.480 e. The van der Waals surface area contributed by atoms with Gasteiger partial charge in [-0.05, 0) is 25.0 Å². The van der Waals surface area contributed by atoms with Crippen molar-refractivity contribution in [3.8, 4) is 0 Å². The summed E-state index contributed by atoms with van der Waals surface area (Å²) in [5.41, 5.74) is -0.941. The van der Waals surface area contributed by atoms with E-state index in [-0.39, 0.29) is 11.3 Å². The molecule has 1 amide bonds. The lowest BCUT2D eigenvalue weighted by molar-refractivity contribution is -0.143. The topological polar surface area (TPSA) is 121 Å². The maximum Gasteiger partial charge on any atom is 0.329 e. The summed E-state index contributed by atoms with van der Waals surface area (Å²) in [4.78, 5) is 51.1. The Bertz CT molecular complexity index is 914. The molecule has 2 aromatic rings. The van der Waals surface area contributed by atoms with Crippen LogP contribution >= 0.6 is 0 Å². The molecule has 134 valence electrons. The van der Waals surface area contributed by atoms with Crippen LogP contribution in [-0.4, -0.2) is 32.6 Å². The number of hydrogen-bond donors (Lipinski definition) is 3. The molecule has 0 saturated carbocycles. The fourth-order valence-corrected chi connectivity index (χ4v) is 2.60. The minimum Gasteiger partial charge on any atom is -0.480 e. The number of nitrogens with zero attached hydrogens (tertiary/aromatic N) is 1. The van der Waals surface area contributed by atoms with Gasteiger partial charge in [0.1, 0.15) is 12.1 Å². The number of carboxylic acid groups (broad SMARTS) is 1. The lowest BCUT2D eigenvalue weighted by atomic mass is 9.99. The van der Waals surface area contributed by atoms with E-state index in [1.165, 1.54) is 6.92 Å². The van der Waals surface area contributed by atoms with Gasteiger partial charge < -0.3 is 15.4 Å². The molecule has 0 radical (unpaired) electrons. The van der Waals surface area contributed by atoms with E-state index in [4.69, 9.17) is 0 Å². The molecule has 0 saturated heterocycles. The standard InChI is InChI=1S/C17H21N3O5/c1-4-9(2)13(16(23)24)19-14(21)10(3)20-15(22)11-7-5-6-8-12(11)18-17(20)25/h5-10,13H,4H2,1-3H3,(H,18,25)(H,19,21)(H,23,24)/t9?,10-,13-/m0/s1. The fourth-order valence-electron chi connectivity index (χ4n) is 2.60. The predicted octanol–water partition coefficient (Wildman–Crippen LogP) is 0.866. The molecule has 0 aliphatic rings. The van der Waals surface area contributed by atoms with E-state index in [1.807, 2.05) is 6.92 Å². The second-order valence-corrected chi connectivity index (χ2v) is 6.04. The molecule has 1 aromatic carbocycles. The number of H-pyrrole nitrogens is 1. The highest BCUT2D eigenvalue weighted by atomic mass is 16.4. The molecule has 2 rings (SSSR count). The smallest absolute Gasteiger partial charge is 0.329 e. The number of rotatable bonds is 6. The van der Waals surface area contributed by atoms with Crippen LogP contribution in [0.4, 0.5) is 0 Å². The van der Waals surface area contributed by atoms with E-state index in [0.717, 1.165) is 4.57 Å². The number of aromatic nitrogens is 2. The Morgan fingerprint density at radius 1 is 1.24 bits per heavy atom. The Kier molecular flexibility index (Phi) is 5.41. The molecule has 0 fully saturated rings. The first-order valence-corrected chi connectivity index (χ1v) is 8.04. The van der Waals surface area contributed by atoms with Crippen LogP contribution in [0.3, 0.4) is 0 Å². The Balaban J connectivity index is 2.40. The fraction of sp³-hybridized carbons (Fsp3) is 0.412. The second-order valence-electron chi connectivity index (χ2n) is 6.04. The lowest BCUT2D eigenvalue weighted by Crippen LogP contribution is -2.50. The van der Waals surface area contributed by atoms with E-state index in [0.29, 0.717) is 11.9 Å². The number of amides is 1. The summed E-state index contributed by atoms with van der Waals surface area (Å²) >= 11 is 0. The van der Waals surface area contributed by atoms with Crippen LogP contribution in [0.25, 0.3) is 10.9 Å². The summed E-state index contributed by atoms with van der Waals surface area (Å²) in [6, 6.07) is 4.24. The summed E-state index contributed by atoms with van der Waals surface area (Å²) in [5, 5.41) is 12.0. The molecule has 1 heterocycles. The number of aromatic amines is 1. The molecule has 3 N–H and O–H groups in total. The van der Waals surface area contributed by atoms with Crippen molar-refractivity contribution in [3.05, 3.63) is 45.1 Å². The van der Waals surface area contributed by atoms with Crippen LogP contribution in [0.15, 0.2) is 33.9 Å². The molecular weight excluding hydrogens is 326 g/mol. The van der Waals surface area contributed by atoms with Crippen LogP contribution in [0.1, 0.15) is 33.2 Å². The molecule has 25 heavy (non-hydrogen) atoms. The monoisotopic (exact) mass is 347 g/mol. The van der Waals surface area contributed by atoms with E-state index in [1.54, 1.807) is 31.2 Å². The first-order chi connectivity index (χ1) is 11.8. The maximum atomic E-state index is 12.6. The number of benzene rings is 1. The number of carbonyl (C=O) groups is 2. The Morgan fingerprint density at radius 2 is 1.88 bits per heavy atom. The average molecular weight is 347 g/mol. The van der Waals surface area contributed by atoms with Crippen molar-refractivity contribution in [2.45, 2.75) is 39.3 Å². The minimum absolute atomic E-state index is 0.276. The third-order valence-corrected chi connectivity index (χ3v) is 4.38. The van der Waals surface area contributed by atoms with Crippen molar-refractivity contribution in [2.75, 3.05) is 0 Å². The highest BCUT2D eigenvalue weighted by molar-refractivity contribution is 5.86. The van der Waals surface area contributed by atoms with Crippen molar-refractivity contribution < 1.29 is 14.7 Å². The quantitative estimate of drug-likeness (QED) is 0.716. The van der Waals surface area contributed by atoms with Crippen LogP contribution in [0.2, 0.25) is 0 Å². The third-order valence-electron chi connectivity index (χ3n) is 4.38. The Hall–Kier alpha value is -2.90. The van der Waals surface area contributed by atoms with Gasteiger partial charge in [-0.3, -0.25) is 9.59 Å². The van der Waals surface area contributed by atoms with Crippen molar-refractivity contribution in [1.82, 2.24) is 14.9 Å². The lowest BCUT2D eigenvalue weighted by Gasteiger charge is -2.22. The van der Waals surface area contributed by atoms with Gasteiger partial charge in [-0.25, -0.2) is 14.2 Å². The van der Waals surface area contributed by atoms with Gasteiger partial charge in [0.25, 0.3) is 5.56 Å². The molecule has 8 heteroatoms. The van der Waals surface area contributed by atoms with Crippen molar-refractivity contribution >= 4 is 22.8 Å². The zero-order valence-electron chi connectivity index (χ0n) is 14.3. The molecule has 0 aliphatic heterocycles. The summed E-state index contributed by atoms with van der Waals surface area (Å²) in [6.45, 7) is 4.91. The molecule has 0 bridgehead atoms. The highest BCUT2D eigenvalue weighted by Gasteiger charge is 2.29. The molecule has 8 nitrogen and oxygen atoms in total. The van der Waals surface area contributed by atoms with Gasteiger partial charge >= 0.3 is 11.7 Å². The summed E-state index contributed by atoms with van der Waals surface area (Å²) < 4.78 is 0.799. The highest BCUT2D eigenvalue weighted by Crippen LogP contribution is 2.11. The van der Waals surface area contributed by atoms with E-state index >= 15 is 0 Å². The van der Waals surface area contributed by atoms with Crippen LogP contribution < -0.4 is 16.6 Å². The second kappa shape index (κ2) is 7.33.